The smallest absolute Gasteiger partial charge is 0.317 e. The number of benzene rings is 2. The van der Waals surface area contributed by atoms with Gasteiger partial charge in [0.1, 0.15) is 17.1 Å². The normalized spacial score (nSPS) is 10.0. The molecule has 0 unspecified atom stereocenters. The van der Waals surface area contributed by atoms with E-state index >= 15 is 0 Å². The van der Waals surface area contributed by atoms with Gasteiger partial charge in [-0.2, -0.15) is 0 Å². The van der Waals surface area contributed by atoms with Crippen molar-refractivity contribution in [2.75, 3.05) is 24.5 Å². The van der Waals surface area contributed by atoms with Gasteiger partial charge in [0.25, 0.3) is 0 Å². The van der Waals surface area contributed by atoms with Gasteiger partial charge in [0.2, 0.25) is 0 Å². The van der Waals surface area contributed by atoms with Gasteiger partial charge >= 0.3 is 5.69 Å². The molecule has 0 aliphatic rings. The van der Waals surface area contributed by atoms with Gasteiger partial charge in [0.15, 0.2) is 0 Å². The van der Waals surface area contributed by atoms with Crippen LogP contribution in [-0.2, 0) is 0 Å². The minimum atomic E-state index is -0.454. The van der Waals surface area contributed by atoms with Gasteiger partial charge in [-0.25, -0.2) is 0 Å². The van der Waals surface area contributed by atoms with Crippen molar-refractivity contribution < 1.29 is 9.66 Å². The van der Waals surface area contributed by atoms with Crippen LogP contribution in [0.2, 0.25) is 0 Å². The molecule has 7 nitrogen and oxygen atoms in total. The number of para-hydroxylation sites is 1. The van der Waals surface area contributed by atoms with Gasteiger partial charge in [0, 0.05) is 12.7 Å². The number of nitrogens with one attached hydrogen (secondary N) is 1. The zero-order valence-electron chi connectivity index (χ0n) is 11.7. The molecule has 0 amide bonds. The predicted molar refractivity (Wildman–Crippen MR) is 82.0 cm³/mol. The van der Waals surface area contributed by atoms with Crippen LogP contribution in [0.25, 0.3) is 0 Å². The van der Waals surface area contributed by atoms with E-state index in [1.165, 1.54) is 0 Å². The van der Waals surface area contributed by atoms with E-state index in [0.717, 1.165) is 11.4 Å². The van der Waals surface area contributed by atoms with E-state index in [-0.39, 0.29) is 11.4 Å². The number of nitro groups is 1. The molecule has 0 fully saturated rings. The summed E-state index contributed by atoms with van der Waals surface area (Å²) >= 11 is 0. The molecule has 0 radical (unpaired) electrons. The molecule has 0 bridgehead atoms. The van der Waals surface area contributed by atoms with Crippen LogP contribution in [0.4, 0.5) is 22.7 Å². The summed E-state index contributed by atoms with van der Waals surface area (Å²) in [7, 11) is 3.34. The monoisotopic (exact) mass is 288 g/mol. The Balaban J connectivity index is 2.46. The molecule has 0 heterocycles. The fourth-order valence-electron chi connectivity index (χ4n) is 2.06. The SMILES string of the molecule is COc1ccc(N(C)c2cccc(NN)c2[N+](=O)[O-])cc1. The second-order valence-electron chi connectivity index (χ2n) is 4.33. The lowest BCUT2D eigenvalue weighted by molar-refractivity contribution is -0.383. The maximum absolute atomic E-state index is 11.3. The van der Waals surface area contributed by atoms with Crippen molar-refractivity contribution in [3.8, 4) is 5.75 Å². The van der Waals surface area contributed by atoms with Crippen molar-refractivity contribution in [2.24, 2.45) is 5.84 Å². The van der Waals surface area contributed by atoms with Gasteiger partial charge in [-0.05, 0) is 36.4 Å². The summed E-state index contributed by atoms with van der Waals surface area (Å²) in [4.78, 5) is 12.6. The third kappa shape index (κ3) is 2.87. The van der Waals surface area contributed by atoms with E-state index in [9.17, 15) is 10.1 Å². The highest BCUT2D eigenvalue weighted by Gasteiger charge is 2.22. The highest BCUT2D eigenvalue weighted by Crippen LogP contribution is 2.37. The Morgan fingerprint density at radius 3 is 2.43 bits per heavy atom. The number of hydrazine groups is 1. The molecule has 7 heteroatoms. The second-order valence-corrected chi connectivity index (χ2v) is 4.33. The molecule has 2 aromatic carbocycles. The standard InChI is InChI=1S/C14H16N4O3/c1-17(10-6-8-11(21-2)9-7-10)13-5-3-4-12(16-15)14(13)18(19)20/h3-9,16H,15H2,1-2H3. The lowest BCUT2D eigenvalue weighted by Gasteiger charge is -2.20. The number of anilines is 3. The summed E-state index contributed by atoms with van der Waals surface area (Å²) in [6, 6.07) is 12.2. The first-order chi connectivity index (χ1) is 10.1. The molecule has 0 spiro atoms. The Kier molecular flexibility index (Phi) is 4.24. The second kappa shape index (κ2) is 6.10. The summed E-state index contributed by atoms with van der Waals surface area (Å²) in [5.74, 6) is 6.07. The molecule has 110 valence electrons. The Hall–Kier alpha value is -2.80. The molecule has 0 aliphatic carbocycles. The van der Waals surface area contributed by atoms with Crippen LogP contribution in [-0.4, -0.2) is 19.1 Å². The van der Waals surface area contributed by atoms with Crippen LogP contribution in [0.15, 0.2) is 42.5 Å². The Morgan fingerprint density at radius 1 is 1.24 bits per heavy atom. The number of methoxy groups -OCH3 is 1. The Labute approximate surface area is 122 Å². The average molecular weight is 288 g/mol. The maximum Gasteiger partial charge on any atom is 0.317 e. The van der Waals surface area contributed by atoms with Crippen molar-refractivity contribution in [3.63, 3.8) is 0 Å². The number of hydrogen-bond donors (Lipinski definition) is 2. The highest BCUT2D eigenvalue weighted by molar-refractivity contribution is 5.80. The molecule has 2 aromatic rings. The van der Waals surface area contributed by atoms with Gasteiger partial charge in [0.05, 0.1) is 12.0 Å². The third-order valence-corrected chi connectivity index (χ3v) is 3.17. The summed E-state index contributed by atoms with van der Waals surface area (Å²) in [5, 5.41) is 11.3. The quantitative estimate of drug-likeness (QED) is 0.499. The third-order valence-electron chi connectivity index (χ3n) is 3.17. The van der Waals surface area contributed by atoms with Gasteiger partial charge in [-0.3, -0.25) is 16.0 Å². The number of nitrogens with two attached hydrogens (primary N) is 1. The van der Waals surface area contributed by atoms with E-state index in [0.29, 0.717) is 5.69 Å². The maximum atomic E-state index is 11.3. The van der Waals surface area contributed by atoms with Crippen LogP contribution in [0.1, 0.15) is 0 Å². The van der Waals surface area contributed by atoms with Crippen LogP contribution >= 0.6 is 0 Å². The lowest BCUT2D eigenvalue weighted by Crippen LogP contribution is -2.14. The first-order valence-electron chi connectivity index (χ1n) is 6.20. The molecule has 21 heavy (non-hydrogen) atoms. The number of ether oxygens (including phenoxy) is 1. The number of rotatable bonds is 5. The van der Waals surface area contributed by atoms with Crippen molar-refractivity contribution in [3.05, 3.63) is 52.6 Å². The molecule has 0 atom stereocenters. The fraction of sp³-hybridized carbons (Fsp3) is 0.143. The van der Waals surface area contributed by atoms with Crippen LogP contribution < -0.4 is 20.9 Å². The number of nitrogen functional groups attached to an aromatic ring is 1. The first kappa shape index (κ1) is 14.6. The van der Waals surface area contributed by atoms with Crippen molar-refractivity contribution >= 4 is 22.7 Å². The van der Waals surface area contributed by atoms with Crippen molar-refractivity contribution in [1.82, 2.24) is 0 Å². The number of hydrogen-bond acceptors (Lipinski definition) is 6. The van der Waals surface area contributed by atoms with Gasteiger partial charge in [-0.1, -0.05) is 6.07 Å². The Bertz CT molecular complexity index is 643. The zero-order valence-corrected chi connectivity index (χ0v) is 11.7. The molecule has 3 N–H and O–H groups in total. The molecular weight excluding hydrogens is 272 g/mol. The molecule has 0 saturated carbocycles. The predicted octanol–water partition coefficient (Wildman–Crippen LogP) is 2.66. The van der Waals surface area contributed by atoms with Crippen LogP contribution in [0.3, 0.4) is 0 Å². The van der Waals surface area contributed by atoms with E-state index in [1.54, 1.807) is 49.4 Å². The molecule has 0 aliphatic heterocycles. The van der Waals surface area contributed by atoms with Gasteiger partial charge < -0.3 is 15.1 Å². The van der Waals surface area contributed by atoms with Crippen molar-refractivity contribution in [1.29, 1.82) is 0 Å². The van der Waals surface area contributed by atoms with E-state index < -0.39 is 4.92 Å². The minimum Gasteiger partial charge on any atom is -0.497 e. The number of nitro benzene ring substituents is 1. The first-order valence-corrected chi connectivity index (χ1v) is 6.20. The summed E-state index contributed by atoms with van der Waals surface area (Å²) in [5.41, 5.74) is 3.79. The molecule has 2 rings (SSSR count). The van der Waals surface area contributed by atoms with Crippen molar-refractivity contribution in [2.45, 2.75) is 0 Å². The number of nitrogens with zero attached hydrogens (tertiary/aromatic N) is 2. The Morgan fingerprint density at radius 2 is 1.90 bits per heavy atom. The molecule has 0 aromatic heterocycles. The molecule has 0 saturated heterocycles. The highest BCUT2D eigenvalue weighted by atomic mass is 16.6. The van der Waals surface area contributed by atoms with E-state index in [4.69, 9.17) is 10.6 Å². The summed E-state index contributed by atoms with van der Waals surface area (Å²) < 4.78 is 5.10. The average Bonchev–Trinajstić information content (AvgIpc) is 2.53. The topological polar surface area (TPSA) is 93.7 Å². The van der Waals surface area contributed by atoms with E-state index in [1.807, 2.05) is 12.1 Å². The zero-order chi connectivity index (χ0) is 15.4. The fourth-order valence-corrected chi connectivity index (χ4v) is 2.06. The largest absolute Gasteiger partial charge is 0.497 e. The molecular formula is C14H16N4O3. The summed E-state index contributed by atoms with van der Waals surface area (Å²) in [6.45, 7) is 0. The van der Waals surface area contributed by atoms with Crippen LogP contribution in [0.5, 0.6) is 5.75 Å². The summed E-state index contributed by atoms with van der Waals surface area (Å²) in [6.07, 6.45) is 0. The van der Waals surface area contributed by atoms with Gasteiger partial charge in [-0.15, -0.1) is 0 Å². The van der Waals surface area contributed by atoms with E-state index in [2.05, 4.69) is 5.43 Å². The minimum absolute atomic E-state index is 0.0710. The lowest BCUT2D eigenvalue weighted by atomic mass is 10.2. The van der Waals surface area contributed by atoms with Crippen LogP contribution in [0, 0.1) is 10.1 Å².